The first-order valence-corrected chi connectivity index (χ1v) is 6.14. The predicted octanol–water partition coefficient (Wildman–Crippen LogP) is 3.90. The van der Waals surface area contributed by atoms with Crippen molar-refractivity contribution in [3.63, 3.8) is 0 Å². The van der Waals surface area contributed by atoms with Crippen LogP contribution in [-0.2, 0) is 0 Å². The van der Waals surface area contributed by atoms with Gasteiger partial charge in [-0.05, 0) is 24.2 Å². The molecule has 0 N–H and O–H groups in total. The Balaban J connectivity index is 2.91. The highest BCUT2D eigenvalue weighted by molar-refractivity contribution is 7.38. The van der Waals surface area contributed by atoms with Gasteiger partial charge in [0.15, 0.2) is 0 Å². The van der Waals surface area contributed by atoms with Crippen LogP contribution in [0.3, 0.4) is 0 Å². The first-order valence-electron chi connectivity index (χ1n) is 4.86. The van der Waals surface area contributed by atoms with E-state index in [0.29, 0.717) is 0 Å². The van der Waals surface area contributed by atoms with E-state index in [1.807, 2.05) is 0 Å². The summed E-state index contributed by atoms with van der Waals surface area (Å²) in [7, 11) is 1.19. The Morgan fingerprint density at radius 2 is 1.64 bits per heavy atom. The minimum Gasteiger partial charge on any atom is -0.119 e. The molecule has 0 radical (unpaired) electrons. The van der Waals surface area contributed by atoms with Crippen LogP contribution in [0, 0.1) is 5.92 Å². The molecule has 0 saturated carbocycles. The van der Waals surface area contributed by atoms with Gasteiger partial charge in [0.05, 0.1) is 0 Å². The molecule has 0 spiro atoms. The SMILES string of the molecule is CC(C)CCCCPC(C)C. The summed E-state index contributed by atoms with van der Waals surface area (Å²) in [5.41, 5.74) is 0.925. The molecule has 0 aliphatic rings. The number of hydrogen-bond donors (Lipinski definition) is 0. The van der Waals surface area contributed by atoms with Gasteiger partial charge in [-0.15, -0.1) is 8.58 Å². The van der Waals surface area contributed by atoms with Crippen LogP contribution in [0.2, 0.25) is 0 Å². The number of rotatable bonds is 6. The van der Waals surface area contributed by atoms with Crippen molar-refractivity contribution < 1.29 is 0 Å². The second kappa shape index (κ2) is 7.10. The fourth-order valence-corrected chi connectivity index (χ4v) is 2.10. The molecule has 1 unspecified atom stereocenters. The van der Waals surface area contributed by atoms with Gasteiger partial charge in [-0.3, -0.25) is 0 Å². The number of unbranched alkanes of at least 4 members (excludes halogenated alkanes) is 1. The summed E-state index contributed by atoms with van der Waals surface area (Å²) < 4.78 is 0. The average Bonchev–Trinajstić information content (AvgIpc) is 1.85. The summed E-state index contributed by atoms with van der Waals surface area (Å²) in [6.45, 7) is 9.26. The van der Waals surface area contributed by atoms with E-state index in [0.717, 1.165) is 11.6 Å². The van der Waals surface area contributed by atoms with Crippen molar-refractivity contribution in [2.75, 3.05) is 6.16 Å². The molecule has 1 heteroatoms. The monoisotopic (exact) mass is 174 g/mol. The van der Waals surface area contributed by atoms with E-state index >= 15 is 0 Å². The van der Waals surface area contributed by atoms with E-state index in [2.05, 4.69) is 27.7 Å². The van der Waals surface area contributed by atoms with E-state index in [1.165, 1.54) is 34.0 Å². The van der Waals surface area contributed by atoms with Crippen molar-refractivity contribution in [2.45, 2.75) is 52.6 Å². The maximum absolute atomic E-state index is 2.32. The fraction of sp³-hybridized carbons (Fsp3) is 1.00. The Hall–Kier alpha value is 0.430. The van der Waals surface area contributed by atoms with Crippen LogP contribution >= 0.6 is 8.58 Å². The van der Waals surface area contributed by atoms with Crippen LogP contribution in [-0.4, -0.2) is 11.8 Å². The zero-order valence-corrected chi connectivity index (χ0v) is 9.48. The molecule has 0 nitrogen and oxygen atoms in total. The van der Waals surface area contributed by atoms with E-state index in [4.69, 9.17) is 0 Å². The molecular formula is C10H23P. The first-order chi connectivity index (χ1) is 5.13. The van der Waals surface area contributed by atoms with Crippen LogP contribution in [0.1, 0.15) is 47.0 Å². The Bertz CT molecular complexity index is 66.9. The molecule has 0 amide bonds. The van der Waals surface area contributed by atoms with Gasteiger partial charge in [0, 0.05) is 0 Å². The molecule has 0 aromatic rings. The third-order valence-electron chi connectivity index (χ3n) is 1.76. The van der Waals surface area contributed by atoms with Gasteiger partial charge in [-0.2, -0.15) is 0 Å². The molecule has 0 bridgehead atoms. The van der Waals surface area contributed by atoms with E-state index < -0.39 is 0 Å². The molecule has 11 heavy (non-hydrogen) atoms. The van der Waals surface area contributed by atoms with Crippen molar-refractivity contribution in [3.05, 3.63) is 0 Å². The first kappa shape index (κ1) is 11.4. The smallest absolute Gasteiger partial charge is 0.0294 e. The summed E-state index contributed by atoms with van der Waals surface area (Å²) >= 11 is 0. The predicted molar refractivity (Wildman–Crippen MR) is 57.0 cm³/mol. The molecule has 0 aliphatic heterocycles. The summed E-state index contributed by atoms with van der Waals surface area (Å²) in [5.74, 6) is 0.900. The summed E-state index contributed by atoms with van der Waals surface area (Å²) in [6, 6.07) is 0. The standard InChI is InChI=1S/C10H23P/c1-9(2)7-5-6-8-11-10(3)4/h9-11H,5-8H2,1-4H3. The van der Waals surface area contributed by atoms with E-state index in [1.54, 1.807) is 0 Å². The Morgan fingerprint density at radius 3 is 2.09 bits per heavy atom. The molecule has 0 saturated heterocycles. The molecular weight excluding hydrogens is 151 g/mol. The van der Waals surface area contributed by atoms with Crippen LogP contribution in [0.5, 0.6) is 0 Å². The molecule has 0 aliphatic carbocycles. The van der Waals surface area contributed by atoms with Gasteiger partial charge in [-0.25, -0.2) is 0 Å². The van der Waals surface area contributed by atoms with Crippen molar-refractivity contribution >= 4 is 8.58 Å². The van der Waals surface area contributed by atoms with Crippen molar-refractivity contribution in [3.8, 4) is 0 Å². The highest BCUT2D eigenvalue weighted by atomic mass is 31.1. The minimum absolute atomic E-state index is 0.900. The molecule has 0 rings (SSSR count). The Kier molecular flexibility index (Phi) is 7.38. The summed E-state index contributed by atoms with van der Waals surface area (Å²) in [4.78, 5) is 0. The van der Waals surface area contributed by atoms with Crippen molar-refractivity contribution in [1.82, 2.24) is 0 Å². The summed E-state index contributed by atoms with van der Waals surface area (Å²) in [6.07, 6.45) is 5.78. The van der Waals surface area contributed by atoms with Gasteiger partial charge in [0.2, 0.25) is 0 Å². The number of hydrogen-bond acceptors (Lipinski definition) is 0. The van der Waals surface area contributed by atoms with Crippen molar-refractivity contribution in [2.24, 2.45) is 5.92 Å². The minimum atomic E-state index is 0.900. The van der Waals surface area contributed by atoms with Crippen LogP contribution in [0.4, 0.5) is 0 Å². The third kappa shape index (κ3) is 10.4. The molecule has 0 heterocycles. The van der Waals surface area contributed by atoms with Crippen LogP contribution in [0.25, 0.3) is 0 Å². The fourth-order valence-electron chi connectivity index (χ4n) is 1.07. The Labute approximate surface area is 73.9 Å². The van der Waals surface area contributed by atoms with Gasteiger partial charge in [-0.1, -0.05) is 40.5 Å². The summed E-state index contributed by atoms with van der Waals surface area (Å²) in [5, 5.41) is 0. The van der Waals surface area contributed by atoms with Crippen molar-refractivity contribution in [1.29, 1.82) is 0 Å². The van der Waals surface area contributed by atoms with Gasteiger partial charge in [0.1, 0.15) is 0 Å². The van der Waals surface area contributed by atoms with Crippen LogP contribution in [0.15, 0.2) is 0 Å². The lowest BCUT2D eigenvalue weighted by atomic mass is 10.1. The lowest BCUT2D eigenvalue weighted by Crippen LogP contribution is -1.90. The maximum Gasteiger partial charge on any atom is -0.0294 e. The van der Waals surface area contributed by atoms with Gasteiger partial charge < -0.3 is 0 Å². The zero-order chi connectivity index (χ0) is 8.69. The zero-order valence-electron chi connectivity index (χ0n) is 8.48. The van der Waals surface area contributed by atoms with Gasteiger partial charge in [0.25, 0.3) is 0 Å². The molecule has 0 aromatic carbocycles. The molecule has 68 valence electrons. The third-order valence-corrected chi connectivity index (χ3v) is 3.22. The largest absolute Gasteiger partial charge is 0.119 e. The van der Waals surface area contributed by atoms with Gasteiger partial charge >= 0.3 is 0 Å². The lowest BCUT2D eigenvalue weighted by Gasteiger charge is -2.05. The second-order valence-electron chi connectivity index (χ2n) is 4.00. The van der Waals surface area contributed by atoms with E-state index in [9.17, 15) is 0 Å². The highest BCUT2D eigenvalue weighted by Gasteiger charge is 1.95. The topological polar surface area (TPSA) is 0 Å². The molecule has 0 aromatic heterocycles. The quantitative estimate of drug-likeness (QED) is 0.423. The van der Waals surface area contributed by atoms with Crippen LogP contribution < -0.4 is 0 Å². The maximum atomic E-state index is 2.32. The lowest BCUT2D eigenvalue weighted by molar-refractivity contribution is 0.551. The molecule has 1 atom stereocenters. The Morgan fingerprint density at radius 1 is 1.00 bits per heavy atom. The normalized spacial score (nSPS) is 12.5. The molecule has 0 fully saturated rings. The second-order valence-corrected chi connectivity index (χ2v) is 6.06. The van der Waals surface area contributed by atoms with E-state index in [-0.39, 0.29) is 0 Å². The highest BCUT2D eigenvalue weighted by Crippen LogP contribution is 2.20. The average molecular weight is 174 g/mol.